The van der Waals surface area contributed by atoms with E-state index in [0.717, 1.165) is 0 Å². The molecule has 25 heavy (non-hydrogen) atoms. The molecule has 0 bridgehead atoms. The number of nitrogens with one attached hydrogen (secondary N) is 1. The number of benzene rings is 1. The Morgan fingerprint density at radius 1 is 1.20 bits per heavy atom. The molecule has 1 amide bonds. The molecule has 0 radical (unpaired) electrons. The third-order valence-electron chi connectivity index (χ3n) is 3.46. The van der Waals surface area contributed by atoms with Gasteiger partial charge in [0.15, 0.2) is 0 Å². The Morgan fingerprint density at radius 2 is 1.96 bits per heavy atom. The van der Waals surface area contributed by atoms with E-state index in [1.165, 1.54) is 12.1 Å². The molecule has 2 aromatic rings. The molecule has 0 saturated heterocycles. The SMILES string of the molecule is O=C(CCCOc1cccnc1)N[C@@H](Cc1ccc(O)cc1)C(=O)O. The second-order valence-electron chi connectivity index (χ2n) is 5.47. The number of carboxylic acids is 1. The molecule has 1 aromatic carbocycles. The van der Waals surface area contributed by atoms with Gasteiger partial charge in [0, 0.05) is 19.0 Å². The normalized spacial score (nSPS) is 11.5. The molecule has 1 heterocycles. The number of aromatic hydroxyl groups is 1. The number of aliphatic carboxylic acids is 1. The van der Waals surface area contributed by atoms with Crippen LogP contribution in [0.4, 0.5) is 0 Å². The molecule has 0 spiro atoms. The highest BCUT2D eigenvalue weighted by molar-refractivity contribution is 5.83. The summed E-state index contributed by atoms with van der Waals surface area (Å²) >= 11 is 0. The first kappa shape index (κ1) is 18.3. The first-order chi connectivity index (χ1) is 12.0. The Balaban J connectivity index is 1.75. The minimum atomic E-state index is -1.10. The third kappa shape index (κ3) is 6.50. The molecule has 7 heteroatoms. The average molecular weight is 344 g/mol. The molecule has 7 nitrogen and oxygen atoms in total. The number of hydrogen-bond donors (Lipinski definition) is 3. The Labute approximate surface area is 145 Å². The standard InChI is InChI=1S/C18H20N2O5/c21-14-7-5-13(6-8-14)11-16(18(23)24)20-17(22)4-2-10-25-15-3-1-9-19-12-15/h1,3,5-9,12,16,21H,2,4,10-11H2,(H,20,22)(H,23,24)/t16-/m0/s1. The van der Waals surface area contributed by atoms with E-state index in [1.54, 1.807) is 36.7 Å². The van der Waals surface area contributed by atoms with Crippen molar-refractivity contribution < 1.29 is 24.5 Å². The molecule has 132 valence electrons. The summed E-state index contributed by atoms with van der Waals surface area (Å²) in [5.74, 6) is -0.721. The maximum Gasteiger partial charge on any atom is 0.326 e. The summed E-state index contributed by atoms with van der Waals surface area (Å²) in [5.41, 5.74) is 0.713. The average Bonchev–Trinajstić information content (AvgIpc) is 2.61. The second kappa shape index (κ2) is 9.27. The van der Waals surface area contributed by atoms with E-state index >= 15 is 0 Å². The lowest BCUT2D eigenvalue weighted by molar-refractivity contribution is -0.141. The number of amides is 1. The van der Waals surface area contributed by atoms with Crippen LogP contribution in [-0.4, -0.2) is 39.7 Å². The van der Waals surface area contributed by atoms with Crippen LogP contribution in [0.15, 0.2) is 48.8 Å². The summed E-state index contributed by atoms with van der Waals surface area (Å²) in [6, 6.07) is 8.71. The van der Waals surface area contributed by atoms with Crippen LogP contribution in [0.2, 0.25) is 0 Å². The number of carbonyl (C=O) groups excluding carboxylic acids is 1. The molecule has 2 rings (SSSR count). The minimum Gasteiger partial charge on any atom is -0.508 e. The van der Waals surface area contributed by atoms with E-state index < -0.39 is 12.0 Å². The van der Waals surface area contributed by atoms with Crippen LogP contribution in [0.3, 0.4) is 0 Å². The van der Waals surface area contributed by atoms with Crippen molar-refractivity contribution in [1.29, 1.82) is 0 Å². The van der Waals surface area contributed by atoms with Crippen LogP contribution in [0, 0.1) is 0 Å². The summed E-state index contributed by atoms with van der Waals surface area (Å²) in [5, 5.41) is 21.0. The van der Waals surface area contributed by atoms with Crippen molar-refractivity contribution in [2.75, 3.05) is 6.61 Å². The van der Waals surface area contributed by atoms with Crippen molar-refractivity contribution in [2.45, 2.75) is 25.3 Å². The number of carbonyl (C=O) groups is 2. The van der Waals surface area contributed by atoms with E-state index in [9.17, 15) is 19.8 Å². The highest BCUT2D eigenvalue weighted by Gasteiger charge is 2.20. The predicted molar refractivity (Wildman–Crippen MR) is 90.3 cm³/mol. The lowest BCUT2D eigenvalue weighted by Crippen LogP contribution is -2.42. The molecule has 0 aliphatic carbocycles. The van der Waals surface area contributed by atoms with Crippen molar-refractivity contribution in [3.05, 3.63) is 54.4 Å². The third-order valence-corrected chi connectivity index (χ3v) is 3.46. The fraction of sp³-hybridized carbons (Fsp3) is 0.278. The summed E-state index contributed by atoms with van der Waals surface area (Å²) in [7, 11) is 0. The zero-order chi connectivity index (χ0) is 18.1. The summed E-state index contributed by atoms with van der Waals surface area (Å²) < 4.78 is 5.43. The fourth-order valence-corrected chi connectivity index (χ4v) is 2.19. The van der Waals surface area contributed by atoms with Gasteiger partial charge in [0.05, 0.1) is 12.8 Å². The number of carboxylic acid groups (broad SMARTS) is 1. The van der Waals surface area contributed by atoms with Crippen molar-refractivity contribution in [1.82, 2.24) is 10.3 Å². The number of ether oxygens (including phenoxy) is 1. The summed E-state index contributed by atoms with van der Waals surface area (Å²) in [6.45, 7) is 0.342. The zero-order valence-electron chi connectivity index (χ0n) is 13.6. The molecule has 1 aromatic heterocycles. The van der Waals surface area contributed by atoms with Gasteiger partial charge in [-0.2, -0.15) is 0 Å². The van der Waals surface area contributed by atoms with Gasteiger partial charge in [-0.25, -0.2) is 4.79 Å². The van der Waals surface area contributed by atoms with E-state index in [1.807, 2.05) is 0 Å². The van der Waals surface area contributed by atoms with Crippen LogP contribution in [0.5, 0.6) is 11.5 Å². The Morgan fingerprint density at radius 3 is 2.60 bits per heavy atom. The van der Waals surface area contributed by atoms with E-state index in [-0.39, 0.29) is 24.5 Å². The lowest BCUT2D eigenvalue weighted by atomic mass is 10.1. The largest absolute Gasteiger partial charge is 0.508 e. The number of aromatic nitrogens is 1. The van der Waals surface area contributed by atoms with E-state index in [2.05, 4.69) is 10.3 Å². The van der Waals surface area contributed by atoms with Gasteiger partial charge in [-0.05, 0) is 36.2 Å². The van der Waals surface area contributed by atoms with Gasteiger partial charge in [0.1, 0.15) is 17.5 Å². The first-order valence-electron chi connectivity index (χ1n) is 7.87. The molecule has 3 N–H and O–H groups in total. The summed E-state index contributed by atoms with van der Waals surface area (Å²) in [6.07, 6.45) is 4.00. The van der Waals surface area contributed by atoms with Gasteiger partial charge in [0.25, 0.3) is 0 Å². The highest BCUT2D eigenvalue weighted by atomic mass is 16.5. The van der Waals surface area contributed by atoms with Gasteiger partial charge in [0.2, 0.25) is 5.91 Å². The van der Waals surface area contributed by atoms with Crippen LogP contribution in [0.1, 0.15) is 18.4 Å². The number of phenols is 1. The number of phenolic OH excluding ortho intramolecular Hbond substituents is 1. The number of pyridine rings is 1. The second-order valence-corrected chi connectivity index (χ2v) is 5.47. The molecule has 0 fully saturated rings. The van der Waals surface area contributed by atoms with Crippen molar-refractivity contribution in [3.8, 4) is 11.5 Å². The molecule has 1 atom stereocenters. The Hall–Kier alpha value is -3.09. The van der Waals surface area contributed by atoms with Crippen LogP contribution in [0.25, 0.3) is 0 Å². The van der Waals surface area contributed by atoms with Gasteiger partial charge >= 0.3 is 5.97 Å². The van der Waals surface area contributed by atoms with Gasteiger partial charge < -0.3 is 20.3 Å². The molecule has 0 aliphatic rings. The van der Waals surface area contributed by atoms with E-state index in [0.29, 0.717) is 24.3 Å². The van der Waals surface area contributed by atoms with Gasteiger partial charge in [-0.3, -0.25) is 9.78 Å². The number of hydrogen-bond acceptors (Lipinski definition) is 5. The van der Waals surface area contributed by atoms with Crippen LogP contribution < -0.4 is 10.1 Å². The molecular weight excluding hydrogens is 324 g/mol. The van der Waals surface area contributed by atoms with Crippen molar-refractivity contribution >= 4 is 11.9 Å². The van der Waals surface area contributed by atoms with Gasteiger partial charge in [-0.15, -0.1) is 0 Å². The molecule has 0 saturated carbocycles. The van der Waals surface area contributed by atoms with E-state index in [4.69, 9.17) is 4.74 Å². The van der Waals surface area contributed by atoms with Crippen molar-refractivity contribution in [3.63, 3.8) is 0 Å². The summed E-state index contributed by atoms with van der Waals surface area (Å²) in [4.78, 5) is 27.2. The van der Waals surface area contributed by atoms with Gasteiger partial charge in [-0.1, -0.05) is 12.1 Å². The number of nitrogens with zero attached hydrogens (tertiary/aromatic N) is 1. The zero-order valence-corrected chi connectivity index (χ0v) is 13.6. The fourth-order valence-electron chi connectivity index (χ4n) is 2.19. The molecule has 0 unspecified atom stereocenters. The maximum absolute atomic E-state index is 11.9. The van der Waals surface area contributed by atoms with Crippen molar-refractivity contribution in [2.24, 2.45) is 0 Å². The molecular formula is C18H20N2O5. The smallest absolute Gasteiger partial charge is 0.326 e. The first-order valence-corrected chi connectivity index (χ1v) is 7.87. The topological polar surface area (TPSA) is 109 Å². The minimum absolute atomic E-state index is 0.105. The maximum atomic E-state index is 11.9. The monoisotopic (exact) mass is 344 g/mol. The Kier molecular flexibility index (Phi) is 6.76. The predicted octanol–water partition coefficient (Wildman–Crippen LogP) is 1.76. The Bertz CT molecular complexity index is 688. The quantitative estimate of drug-likeness (QED) is 0.598. The number of rotatable bonds is 9. The lowest BCUT2D eigenvalue weighted by Gasteiger charge is -2.15. The molecule has 0 aliphatic heterocycles. The highest BCUT2D eigenvalue weighted by Crippen LogP contribution is 2.12. The van der Waals surface area contributed by atoms with Crippen LogP contribution >= 0.6 is 0 Å². The van der Waals surface area contributed by atoms with Crippen LogP contribution in [-0.2, 0) is 16.0 Å².